The lowest BCUT2D eigenvalue weighted by atomic mass is 10.2. The average Bonchev–Trinajstić information content (AvgIpc) is 2.25. The zero-order chi connectivity index (χ0) is 14.8. The fourth-order valence-corrected chi connectivity index (χ4v) is 2.19. The molecule has 5 N–H and O–H groups in total. The molecule has 10 heteroatoms. The number of benzene rings is 1. The molecule has 1 aromatic carbocycles. The highest BCUT2D eigenvalue weighted by molar-refractivity contribution is 7.86. The summed E-state index contributed by atoms with van der Waals surface area (Å²) in [6, 6.07) is 2.62. The average molecular weight is 290 g/mol. The third-order valence-corrected chi connectivity index (χ3v) is 3.11. The Morgan fingerprint density at radius 2 is 2.11 bits per heavy atom. The number of hydrogen-bond acceptors (Lipinski definition) is 7. The minimum absolute atomic E-state index is 0.0644. The first kappa shape index (κ1) is 15.3. The van der Waals surface area contributed by atoms with Crippen molar-refractivity contribution in [3.63, 3.8) is 0 Å². The predicted molar refractivity (Wildman–Crippen MR) is 68.1 cm³/mol. The number of nitro benzene ring substituents is 1. The summed E-state index contributed by atoms with van der Waals surface area (Å²) in [5.74, 6) is 5.63. The van der Waals surface area contributed by atoms with E-state index in [1.165, 1.54) is 0 Å². The van der Waals surface area contributed by atoms with E-state index in [0.717, 1.165) is 23.2 Å². The predicted octanol–water partition coefficient (Wildman–Crippen LogP) is -0.131. The van der Waals surface area contributed by atoms with Gasteiger partial charge in [0.15, 0.2) is 0 Å². The number of rotatable bonds is 5. The fourth-order valence-electron chi connectivity index (χ4n) is 1.47. The van der Waals surface area contributed by atoms with Crippen LogP contribution in [-0.2, 0) is 10.1 Å². The second-order valence-corrected chi connectivity index (χ2v) is 5.40. The Kier molecular flexibility index (Phi) is 4.42. The Balaban J connectivity index is 3.36. The maximum atomic E-state index is 11.2. The third-order valence-electron chi connectivity index (χ3n) is 2.23. The van der Waals surface area contributed by atoms with Gasteiger partial charge in [-0.05, 0) is 13.0 Å². The third kappa shape index (κ3) is 3.86. The summed E-state index contributed by atoms with van der Waals surface area (Å²) in [6.07, 6.45) is 0. The molecule has 0 aliphatic heterocycles. The Bertz CT molecular complexity index is 586. The molecule has 0 radical (unpaired) electrons. The molecule has 0 aliphatic carbocycles. The Morgan fingerprint density at radius 1 is 1.53 bits per heavy atom. The fraction of sp³-hybridized carbons (Fsp3) is 0.333. The minimum atomic E-state index is -4.64. The normalized spacial score (nSPS) is 13.1. The number of nitrogens with two attached hydrogens (primary N) is 2. The molecular formula is C9H14N4O5S. The molecule has 0 amide bonds. The van der Waals surface area contributed by atoms with Gasteiger partial charge in [0.25, 0.3) is 15.8 Å². The Morgan fingerprint density at radius 3 is 2.53 bits per heavy atom. The summed E-state index contributed by atoms with van der Waals surface area (Å²) in [7, 11) is -4.64. The van der Waals surface area contributed by atoms with Gasteiger partial charge in [-0.3, -0.25) is 14.7 Å². The molecule has 0 saturated carbocycles. The van der Waals surface area contributed by atoms with Gasteiger partial charge in [0.1, 0.15) is 4.90 Å². The maximum Gasteiger partial charge on any atom is 0.296 e. The van der Waals surface area contributed by atoms with E-state index in [4.69, 9.17) is 16.1 Å². The van der Waals surface area contributed by atoms with Crippen molar-refractivity contribution in [2.45, 2.75) is 17.9 Å². The highest BCUT2D eigenvalue weighted by atomic mass is 32.2. The van der Waals surface area contributed by atoms with Crippen LogP contribution in [0, 0.1) is 10.1 Å². The molecule has 1 rings (SSSR count). The van der Waals surface area contributed by atoms with Crippen LogP contribution in [0.1, 0.15) is 6.92 Å². The van der Waals surface area contributed by atoms with Crippen LogP contribution < -0.4 is 16.6 Å². The van der Waals surface area contributed by atoms with Gasteiger partial charge < -0.3 is 10.7 Å². The van der Waals surface area contributed by atoms with Crippen molar-refractivity contribution in [2.75, 3.05) is 11.6 Å². The summed E-state index contributed by atoms with van der Waals surface area (Å²) in [4.78, 5) is 9.20. The molecule has 0 bridgehead atoms. The number of hydrazine groups is 1. The number of nitro groups is 1. The van der Waals surface area contributed by atoms with Gasteiger partial charge in [-0.2, -0.15) is 8.42 Å². The van der Waals surface area contributed by atoms with Gasteiger partial charge in [0.2, 0.25) is 0 Å². The largest absolute Gasteiger partial charge is 0.326 e. The number of anilines is 1. The lowest BCUT2D eigenvalue weighted by Gasteiger charge is -2.22. The van der Waals surface area contributed by atoms with E-state index in [1.54, 1.807) is 6.92 Å². The number of nitrogens with zero attached hydrogens (tertiary/aromatic N) is 2. The molecule has 1 aromatic rings. The summed E-state index contributed by atoms with van der Waals surface area (Å²) in [5, 5.41) is 11.6. The topological polar surface area (TPSA) is 153 Å². The van der Waals surface area contributed by atoms with Gasteiger partial charge in [-0.1, -0.05) is 0 Å². The second-order valence-electron chi connectivity index (χ2n) is 4.01. The molecular weight excluding hydrogens is 276 g/mol. The first-order chi connectivity index (χ1) is 8.62. The first-order valence-electron chi connectivity index (χ1n) is 5.16. The zero-order valence-corrected chi connectivity index (χ0v) is 10.9. The first-order valence-corrected chi connectivity index (χ1v) is 6.60. The van der Waals surface area contributed by atoms with E-state index in [-0.39, 0.29) is 18.3 Å². The van der Waals surface area contributed by atoms with Crippen molar-refractivity contribution in [1.82, 2.24) is 0 Å². The molecule has 1 unspecified atom stereocenters. The van der Waals surface area contributed by atoms with Gasteiger partial charge in [0, 0.05) is 24.7 Å². The van der Waals surface area contributed by atoms with Crippen molar-refractivity contribution >= 4 is 21.5 Å². The SMILES string of the molecule is CC(N)CN(N)c1ccc([N+](=O)[O-])cc1S(=O)(=O)O. The minimum Gasteiger partial charge on any atom is -0.326 e. The van der Waals surface area contributed by atoms with Crippen molar-refractivity contribution in [3.05, 3.63) is 28.3 Å². The van der Waals surface area contributed by atoms with Crippen molar-refractivity contribution < 1.29 is 17.9 Å². The van der Waals surface area contributed by atoms with Crippen LogP contribution in [0.15, 0.2) is 23.1 Å². The summed E-state index contributed by atoms with van der Waals surface area (Å²) < 4.78 is 31.6. The van der Waals surface area contributed by atoms with E-state index in [9.17, 15) is 18.5 Å². The van der Waals surface area contributed by atoms with Crippen LogP contribution in [0.25, 0.3) is 0 Å². The molecule has 1 atom stereocenters. The van der Waals surface area contributed by atoms with Gasteiger partial charge >= 0.3 is 0 Å². The number of non-ortho nitro benzene ring substituents is 1. The highest BCUT2D eigenvalue weighted by Gasteiger charge is 2.22. The summed E-state index contributed by atoms with van der Waals surface area (Å²) in [5.41, 5.74) is 4.99. The van der Waals surface area contributed by atoms with Crippen LogP contribution >= 0.6 is 0 Å². The summed E-state index contributed by atoms with van der Waals surface area (Å²) in [6.45, 7) is 1.76. The van der Waals surface area contributed by atoms with E-state index in [0.29, 0.717) is 0 Å². The molecule has 106 valence electrons. The molecule has 0 spiro atoms. The maximum absolute atomic E-state index is 11.2. The lowest BCUT2D eigenvalue weighted by molar-refractivity contribution is -0.385. The molecule has 19 heavy (non-hydrogen) atoms. The van der Waals surface area contributed by atoms with Crippen molar-refractivity contribution in [3.8, 4) is 0 Å². The van der Waals surface area contributed by atoms with Crippen molar-refractivity contribution in [1.29, 1.82) is 0 Å². The molecule has 0 aliphatic rings. The molecule has 0 aromatic heterocycles. The van der Waals surface area contributed by atoms with Crippen LogP contribution in [0.4, 0.5) is 11.4 Å². The van der Waals surface area contributed by atoms with E-state index >= 15 is 0 Å². The van der Waals surface area contributed by atoms with Crippen LogP contribution in [-0.4, -0.2) is 30.5 Å². The summed E-state index contributed by atoms with van der Waals surface area (Å²) >= 11 is 0. The van der Waals surface area contributed by atoms with Gasteiger partial charge in [0.05, 0.1) is 10.6 Å². The van der Waals surface area contributed by atoms with Gasteiger partial charge in [-0.15, -0.1) is 0 Å². The molecule has 0 heterocycles. The second kappa shape index (κ2) is 5.48. The standard InChI is InChI=1S/C9H14N4O5S/c1-6(10)5-12(11)8-3-2-7(13(14)15)4-9(8)19(16,17)18/h2-4,6H,5,10-11H2,1H3,(H,16,17,18). The molecule has 0 fully saturated rings. The number of hydrogen-bond donors (Lipinski definition) is 3. The molecule has 9 nitrogen and oxygen atoms in total. The zero-order valence-electron chi connectivity index (χ0n) is 10.1. The van der Waals surface area contributed by atoms with E-state index in [2.05, 4.69) is 0 Å². The van der Waals surface area contributed by atoms with Crippen LogP contribution in [0.2, 0.25) is 0 Å². The van der Waals surface area contributed by atoms with Crippen molar-refractivity contribution in [2.24, 2.45) is 11.6 Å². The Labute approximate surface area is 109 Å². The Hall–Kier alpha value is -1.75. The monoisotopic (exact) mass is 290 g/mol. The smallest absolute Gasteiger partial charge is 0.296 e. The quantitative estimate of drug-likeness (QED) is 0.293. The lowest BCUT2D eigenvalue weighted by Crippen LogP contribution is -2.41. The molecule has 0 saturated heterocycles. The van der Waals surface area contributed by atoms with Crippen LogP contribution in [0.5, 0.6) is 0 Å². The van der Waals surface area contributed by atoms with E-state index in [1.807, 2.05) is 0 Å². The van der Waals surface area contributed by atoms with Crippen LogP contribution in [0.3, 0.4) is 0 Å². The van der Waals surface area contributed by atoms with Gasteiger partial charge in [-0.25, -0.2) is 5.84 Å². The van der Waals surface area contributed by atoms with E-state index < -0.39 is 25.6 Å². The highest BCUT2D eigenvalue weighted by Crippen LogP contribution is 2.28.